The van der Waals surface area contributed by atoms with E-state index >= 15 is 0 Å². The Kier molecular flexibility index (Phi) is 7.31. The molecule has 0 N–H and O–H groups in total. The van der Waals surface area contributed by atoms with Gasteiger partial charge >= 0.3 is 0 Å². The molecule has 0 radical (unpaired) electrons. The molecule has 138 valence electrons. The van der Waals surface area contributed by atoms with Crippen molar-refractivity contribution in [2.45, 2.75) is 77.0 Å². The third-order valence-corrected chi connectivity index (χ3v) is 7.27. The fourth-order valence-electron chi connectivity index (χ4n) is 4.95. The predicted molar refractivity (Wildman–Crippen MR) is 111 cm³/mol. The van der Waals surface area contributed by atoms with Crippen LogP contribution in [0.5, 0.6) is 0 Å². The van der Waals surface area contributed by atoms with Crippen molar-refractivity contribution in [2.75, 3.05) is 0 Å². The molecule has 0 amide bonds. The zero-order valence-electron chi connectivity index (χ0n) is 15.5. The van der Waals surface area contributed by atoms with Crippen LogP contribution in [0, 0.1) is 17.8 Å². The summed E-state index contributed by atoms with van der Waals surface area (Å²) >= 11 is 12.3. The van der Waals surface area contributed by atoms with Crippen LogP contribution in [-0.2, 0) is 0 Å². The number of halogens is 2. The first-order valence-corrected chi connectivity index (χ1v) is 11.0. The zero-order valence-corrected chi connectivity index (χ0v) is 17.0. The van der Waals surface area contributed by atoms with Crippen LogP contribution >= 0.6 is 23.2 Å². The van der Waals surface area contributed by atoms with E-state index in [9.17, 15) is 0 Å². The highest BCUT2D eigenvalue weighted by Crippen LogP contribution is 2.44. The first-order valence-electron chi connectivity index (χ1n) is 10.3. The maximum atomic E-state index is 6.21. The van der Waals surface area contributed by atoms with Gasteiger partial charge in [0.15, 0.2) is 0 Å². The minimum Gasteiger partial charge on any atom is -0.0883 e. The lowest BCUT2D eigenvalue weighted by Crippen LogP contribution is -2.25. The van der Waals surface area contributed by atoms with E-state index in [2.05, 4.69) is 31.2 Å². The Hall–Kier alpha value is -0.460. The van der Waals surface area contributed by atoms with Gasteiger partial charge in [-0.2, -0.15) is 0 Å². The number of hydrogen-bond acceptors (Lipinski definition) is 0. The van der Waals surface area contributed by atoms with Crippen molar-refractivity contribution in [1.82, 2.24) is 0 Å². The van der Waals surface area contributed by atoms with Crippen LogP contribution in [0.2, 0.25) is 10.0 Å². The molecule has 0 bridgehead atoms. The molecule has 1 aromatic carbocycles. The summed E-state index contributed by atoms with van der Waals surface area (Å²) in [7, 11) is 0. The van der Waals surface area contributed by atoms with Crippen molar-refractivity contribution in [3.63, 3.8) is 0 Å². The van der Waals surface area contributed by atoms with Crippen LogP contribution in [0.3, 0.4) is 0 Å². The molecule has 0 spiro atoms. The van der Waals surface area contributed by atoms with Crippen LogP contribution in [0.1, 0.15) is 82.6 Å². The van der Waals surface area contributed by atoms with Gasteiger partial charge in [-0.05, 0) is 99.2 Å². The predicted octanol–water partition coefficient (Wildman–Crippen LogP) is 8.43. The number of hydrogen-bond donors (Lipinski definition) is 0. The molecular weight excluding hydrogens is 347 g/mol. The molecule has 2 heteroatoms. The lowest BCUT2D eigenvalue weighted by molar-refractivity contribution is 0.171. The molecule has 0 unspecified atom stereocenters. The molecule has 2 aliphatic carbocycles. The maximum Gasteiger partial charge on any atom is 0.0595 e. The van der Waals surface area contributed by atoms with Crippen molar-refractivity contribution in [1.29, 1.82) is 0 Å². The largest absolute Gasteiger partial charge is 0.0883 e. The van der Waals surface area contributed by atoms with Gasteiger partial charge in [-0.3, -0.25) is 0 Å². The maximum absolute atomic E-state index is 6.21. The average molecular weight is 379 g/mol. The second-order valence-electron chi connectivity index (χ2n) is 8.18. The van der Waals surface area contributed by atoms with E-state index in [1.165, 1.54) is 69.8 Å². The standard InChI is InChI=1S/C23H32Cl2/c1-2-3-4-5-17-6-8-18(9-7-17)19-10-12-20(13-11-19)21-14-15-22(24)23(25)16-21/h4-5,14-20H,2-3,6-13H2,1H3/t17-,18-,19-,20-. The van der Waals surface area contributed by atoms with E-state index in [-0.39, 0.29) is 0 Å². The monoisotopic (exact) mass is 378 g/mol. The van der Waals surface area contributed by atoms with E-state index in [1.54, 1.807) is 0 Å². The smallest absolute Gasteiger partial charge is 0.0595 e. The SMILES string of the molecule is CCCC=C[C@H]1CC[C@H]([C@H]2CC[C@H](c3ccc(Cl)c(Cl)c3)CC2)CC1. The van der Waals surface area contributed by atoms with Gasteiger partial charge in [-0.15, -0.1) is 0 Å². The zero-order chi connectivity index (χ0) is 17.6. The molecule has 0 saturated heterocycles. The molecule has 0 aromatic heterocycles. The Morgan fingerprint density at radius 1 is 0.880 bits per heavy atom. The fraction of sp³-hybridized carbons (Fsp3) is 0.652. The van der Waals surface area contributed by atoms with E-state index in [0.717, 1.165) is 17.8 Å². The molecule has 1 aromatic rings. The Morgan fingerprint density at radius 3 is 2.12 bits per heavy atom. The van der Waals surface area contributed by atoms with E-state index < -0.39 is 0 Å². The quantitative estimate of drug-likeness (QED) is 0.450. The van der Waals surface area contributed by atoms with Crippen molar-refractivity contribution >= 4 is 23.2 Å². The van der Waals surface area contributed by atoms with Gasteiger partial charge in [-0.25, -0.2) is 0 Å². The van der Waals surface area contributed by atoms with E-state index in [4.69, 9.17) is 23.2 Å². The molecule has 3 rings (SSSR count). The summed E-state index contributed by atoms with van der Waals surface area (Å²) in [5.41, 5.74) is 1.39. The summed E-state index contributed by atoms with van der Waals surface area (Å²) in [6.07, 6.45) is 18.6. The lowest BCUT2D eigenvalue weighted by atomic mass is 9.68. The number of unbranched alkanes of at least 4 members (excludes halogenated alkanes) is 1. The highest BCUT2D eigenvalue weighted by atomic mass is 35.5. The highest BCUT2D eigenvalue weighted by Gasteiger charge is 2.30. The van der Waals surface area contributed by atoms with Crippen LogP contribution in [0.15, 0.2) is 30.4 Å². The first kappa shape index (κ1) is 19.3. The van der Waals surface area contributed by atoms with Crippen molar-refractivity contribution in [2.24, 2.45) is 17.8 Å². The summed E-state index contributed by atoms with van der Waals surface area (Å²) in [4.78, 5) is 0. The Bertz CT molecular complexity index is 561. The lowest BCUT2D eigenvalue weighted by Gasteiger charge is -2.37. The third kappa shape index (κ3) is 5.27. The topological polar surface area (TPSA) is 0 Å². The fourth-order valence-corrected chi connectivity index (χ4v) is 5.26. The van der Waals surface area contributed by atoms with Crippen molar-refractivity contribution in [3.05, 3.63) is 46.0 Å². The van der Waals surface area contributed by atoms with Gasteiger partial charge in [0, 0.05) is 0 Å². The van der Waals surface area contributed by atoms with E-state index in [0.29, 0.717) is 16.0 Å². The summed E-state index contributed by atoms with van der Waals surface area (Å²) in [5.74, 6) is 3.47. The van der Waals surface area contributed by atoms with Gasteiger partial charge in [0.2, 0.25) is 0 Å². The second kappa shape index (κ2) is 9.47. The molecule has 2 fully saturated rings. The minimum absolute atomic E-state index is 0.670. The summed E-state index contributed by atoms with van der Waals surface area (Å²) in [5, 5.41) is 1.37. The van der Waals surface area contributed by atoms with Gasteiger partial charge in [0.25, 0.3) is 0 Å². The molecule has 2 saturated carbocycles. The Labute approximate surface area is 164 Å². The number of benzene rings is 1. The molecule has 0 atom stereocenters. The van der Waals surface area contributed by atoms with Crippen LogP contribution in [-0.4, -0.2) is 0 Å². The van der Waals surface area contributed by atoms with Crippen molar-refractivity contribution in [3.8, 4) is 0 Å². The highest BCUT2D eigenvalue weighted by molar-refractivity contribution is 6.42. The normalized spacial score (nSPS) is 30.7. The second-order valence-corrected chi connectivity index (χ2v) is 8.99. The van der Waals surface area contributed by atoms with Gasteiger partial charge < -0.3 is 0 Å². The van der Waals surface area contributed by atoms with Gasteiger partial charge in [0.05, 0.1) is 10.0 Å². The van der Waals surface area contributed by atoms with Crippen LogP contribution < -0.4 is 0 Å². The Balaban J connectivity index is 1.46. The molecule has 25 heavy (non-hydrogen) atoms. The van der Waals surface area contributed by atoms with Crippen molar-refractivity contribution < 1.29 is 0 Å². The molecule has 0 nitrogen and oxygen atoms in total. The van der Waals surface area contributed by atoms with E-state index in [1.807, 2.05) is 6.07 Å². The molecule has 0 aliphatic heterocycles. The summed E-state index contributed by atoms with van der Waals surface area (Å²) < 4.78 is 0. The Morgan fingerprint density at radius 2 is 1.52 bits per heavy atom. The number of rotatable bonds is 5. The minimum atomic E-state index is 0.670. The first-order chi connectivity index (χ1) is 12.2. The summed E-state index contributed by atoms with van der Waals surface area (Å²) in [6.45, 7) is 2.26. The third-order valence-electron chi connectivity index (χ3n) is 6.53. The van der Waals surface area contributed by atoms with Gasteiger partial charge in [0.1, 0.15) is 0 Å². The van der Waals surface area contributed by atoms with Crippen LogP contribution in [0.25, 0.3) is 0 Å². The average Bonchev–Trinajstić information content (AvgIpc) is 2.65. The molecule has 2 aliphatic rings. The summed E-state index contributed by atoms with van der Waals surface area (Å²) in [6, 6.07) is 6.22. The van der Waals surface area contributed by atoms with Crippen LogP contribution in [0.4, 0.5) is 0 Å². The number of allylic oxidation sites excluding steroid dienone is 2. The molecule has 0 heterocycles. The molecular formula is C23H32Cl2. The van der Waals surface area contributed by atoms with Gasteiger partial charge in [-0.1, -0.05) is 54.8 Å².